The quantitative estimate of drug-likeness (QED) is 0.486. The molecular formula is C25H26ClO4P. The predicted octanol–water partition coefficient (Wildman–Crippen LogP) is 5.34. The summed E-state index contributed by atoms with van der Waals surface area (Å²) in [6.45, 7) is 10.4. The molecule has 0 fully saturated rings. The molecule has 0 aliphatic carbocycles. The summed E-state index contributed by atoms with van der Waals surface area (Å²) in [6, 6.07) is 13.8. The van der Waals surface area contributed by atoms with Gasteiger partial charge in [0.05, 0.1) is 11.6 Å². The first kappa shape index (κ1) is 21.8. The molecule has 3 aromatic rings. The molecule has 0 aromatic heterocycles. The van der Waals surface area contributed by atoms with Crippen molar-refractivity contribution < 1.29 is 18.8 Å². The van der Waals surface area contributed by atoms with Crippen LogP contribution in [0.3, 0.4) is 0 Å². The van der Waals surface area contributed by atoms with Gasteiger partial charge in [-0.15, -0.1) is 0 Å². The molecule has 3 aromatic carbocycles. The van der Waals surface area contributed by atoms with Crippen LogP contribution in [-0.2, 0) is 4.57 Å². The highest BCUT2D eigenvalue weighted by atomic mass is 35.5. The molecule has 6 heteroatoms. The summed E-state index contributed by atoms with van der Waals surface area (Å²) >= 11 is 6.84. The van der Waals surface area contributed by atoms with Gasteiger partial charge in [-0.25, -0.2) is 0 Å². The number of halogens is 1. The van der Waals surface area contributed by atoms with Crippen molar-refractivity contribution in [1.29, 1.82) is 0 Å². The van der Waals surface area contributed by atoms with Gasteiger partial charge in [-0.1, -0.05) is 46.0 Å². The summed E-state index contributed by atoms with van der Waals surface area (Å²) in [7, 11) is -3.35. The fraction of sp³-hybridized carbons (Fsp3) is 0.280. The van der Waals surface area contributed by atoms with E-state index in [4.69, 9.17) is 25.8 Å². The Morgan fingerprint density at radius 2 is 1.32 bits per heavy atom. The molecule has 0 bridgehead atoms. The monoisotopic (exact) mass is 456 g/mol. The molecule has 0 unspecified atom stereocenters. The molecule has 0 saturated heterocycles. The van der Waals surface area contributed by atoms with Gasteiger partial charge in [-0.2, -0.15) is 0 Å². The van der Waals surface area contributed by atoms with E-state index in [0.717, 1.165) is 32.9 Å². The SMILES string of the molecule is CCOc1cc(P(=O)(c2cc(C)cc(C)c2)c2cc(C)cc(C)c2)c(Cl)c2c1OCO2. The van der Waals surface area contributed by atoms with Gasteiger partial charge in [0.15, 0.2) is 18.6 Å². The van der Waals surface area contributed by atoms with Crippen LogP contribution in [0.25, 0.3) is 0 Å². The molecule has 0 saturated carbocycles. The first-order valence-corrected chi connectivity index (χ1v) is 12.4. The number of benzene rings is 3. The van der Waals surface area contributed by atoms with Gasteiger partial charge in [-0.05, 0) is 65.0 Å². The molecule has 0 atom stereocenters. The van der Waals surface area contributed by atoms with Crippen molar-refractivity contribution in [1.82, 2.24) is 0 Å². The number of hydrogen-bond acceptors (Lipinski definition) is 4. The first-order valence-electron chi connectivity index (χ1n) is 10.3. The van der Waals surface area contributed by atoms with E-state index in [1.54, 1.807) is 6.07 Å². The Morgan fingerprint density at radius 1 is 0.839 bits per heavy atom. The predicted molar refractivity (Wildman–Crippen MR) is 127 cm³/mol. The third kappa shape index (κ3) is 3.84. The molecule has 1 aliphatic heterocycles. The lowest BCUT2D eigenvalue weighted by Crippen LogP contribution is -2.27. The average Bonchev–Trinajstić information content (AvgIpc) is 3.19. The minimum Gasteiger partial charge on any atom is -0.490 e. The molecule has 31 heavy (non-hydrogen) atoms. The highest BCUT2D eigenvalue weighted by Crippen LogP contribution is 2.53. The van der Waals surface area contributed by atoms with Crippen LogP contribution >= 0.6 is 18.7 Å². The van der Waals surface area contributed by atoms with Gasteiger partial charge in [0.25, 0.3) is 0 Å². The molecule has 1 aliphatic rings. The zero-order valence-corrected chi connectivity index (χ0v) is 20.1. The van der Waals surface area contributed by atoms with Crippen LogP contribution in [0.4, 0.5) is 0 Å². The second-order valence-electron chi connectivity index (χ2n) is 8.01. The van der Waals surface area contributed by atoms with Gasteiger partial charge < -0.3 is 18.8 Å². The second-order valence-corrected chi connectivity index (χ2v) is 11.1. The summed E-state index contributed by atoms with van der Waals surface area (Å²) in [5.41, 5.74) is 4.17. The van der Waals surface area contributed by atoms with E-state index in [-0.39, 0.29) is 6.79 Å². The molecule has 1 heterocycles. The van der Waals surface area contributed by atoms with Crippen molar-refractivity contribution in [3.05, 3.63) is 69.7 Å². The Morgan fingerprint density at radius 3 is 1.81 bits per heavy atom. The minimum atomic E-state index is -3.35. The van der Waals surface area contributed by atoms with Crippen molar-refractivity contribution in [2.75, 3.05) is 13.4 Å². The smallest absolute Gasteiger partial charge is 0.231 e. The van der Waals surface area contributed by atoms with Crippen LogP contribution < -0.4 is 30.1 Å². The number of rotatable bonds is 5. The van der Waals surface area contributed by atoms with E-state index in [2.05, 4.69) is 12.1 Å². The van der Waals surface area contributed by atoms with Crippen LogP contribution in [0.15, 0.2) is 42.5 Å². The lowest BCUT2D eigenvalue weighted by atomic mass is 10.2. The number of ether oxygens (including phenoxy) is 3. The van der Waals surface area contributed by atoms with E-state index in [9.17, 15) is 0 Å². The topological polar surface area (TPSA) is 44.8 Å². The van der Waals surface area contributed by atoms with Gasteiger partial charge in [0.2, 0.25) is 12.5 Å². The Labute approximate surface area is 188 Å². The third-order valence-electron chi connectivity index (χ3n) is 5.31. The number of aryl methyl sites for hydroxylation is 4. The second kappa shape index (κ2) is 8.26. The summed E-state index contributed by atoms with van der Waals surface area (Å²) in [5.74, 6) is 1.34. The van der Waals surface area contributed by atoms with Crippen LogP contribution in [-0.4, -0.2) is 13.4 Å². The van der Waals surface area contributed by atoms with E-state index in [1.165, 1.54) is 0 Å². The van der Waals surface area contributed by atoms with Crippen molar-refractivity contribution in [2.24, 2.45) is 0 Å². The maximum atomic E-state index is 15.2. The molecule has 4 rings (SSSR count). The summed E-state index contributed by atoms with van der Waals surface area (Å²) < 4.78 is 32.2. The Kier molecular flexibility index (Phi) is 5.81. The van der Waals surface area contributed by atoms with Gasteiger partial charge >= 0.3 is 0 Å². The number of hydrogen-bond donors (Lipinski definition) is 0. The van der Waals surface area contributed by atoms with E-state index in [1.807, 2.05) is 58.9 Å². The van der Waals surface area contributed by atoms with Crippen LogP contribution in [0, 0.1) is 27.7 Å². The molecule has 162 valence electrons. The minimum absolute atomic E-state index is 0.0516. The highest BCUT2D eigenvalue weighted by Gasteiger charge is 2.37. The maximum Gasteiger partial charge on any atom is 0.231 e. The summed E-state index contributed by atoms with van der Waals surface area (Å²) in [6.07, 6.45) is 0. The molecule has 4 nitrogen and oxygen atoms in total. The fourth-order valence-electron chi connectivity index (χ4n) is 4.18. The first-order chi connectivity index (χ1) is 14.7. The lowest BCUT2D eigenvalue weighted by Gasteiger charge is -2.24. The maximum absolute atomic E-state index is 15.2. The largest absolute Gasteiger partial charge is 0.490 e. The van der Waals surface area contributed by atoms with Gasteiger partial charge in [0.1, 0.15) is 0 Å². The molecular weight excluding hydrogens is 431 g/mol. The van der Waals surface area contributed by atoms with Crippen LogP contribution in [0.5, 0.6) is 17.2 Å². The van der Waals surface area contributed by atoms with Crippen molar-refractivity contribution in [3.8, 4) is 17.2 Å². The zero-order valence-electron chi connectivity index (χ0n) is 18.4. The lowest BCUT2D eigenvalue weighted by molar-refractivity contribution is 0.170. The number of fused-ring (bicyclic) bond motifs is 1. The van der Waals surface area contributed by atoms with E-state index < -0.39 is 7.14 Å². The third-order valence-corrected chi connectivity index (χ3v) is 8.82. The fourth-order valence-corrected chi connectivity index (χ4v) is 7.80. The zero-order chi connectivity index (χ0) is 22.3. The van der Waals surface area contributed by atoms with Gasteiger partial charge in [-0.3, -0.25) is 0 Å². The van der Waals surface area contributed by atoms with Crippen LogP contribution in [0.2, 0.25) is 5.02 Å². The average molecular weight is 457 g/mol. The normalized spacial score (nSPS) is 12.8. The standard InChI is InChI=1S/C25H26ClO4P/c1-6-28-21-13-22(23(26)25-24(21)29-14-30-25)31(27,19-9-15(2)7-16(3)10-19)20-11-17(4)8-18(5)12-20/h7-13H,6,14H2,1-5H3. The highest BCUT2D eigenvalue weighted by molar-refractivity contribution is 7.85. The Hall–Kier alpha value is -2.42. The molecule has 0 radical (unpaired) electrons. The summed E-state index contributed by atoms with van der Waals surface area (Å²) in [4.78, 5) is 0. The van der Waals surface area contributed by atoms with Crippen molar-refractivity contribution >= 4 is 34.7 Å². The summed E-state index contributed by atoms with van der Waals surface area (Å²) in [5, 5.41) is 2.27. The van der Waals surface area contributed by atoms with E-state index >= 15 is 4.57 Å². The van der Waals surface area contributed by atoms with Gasteiger partial charge in [0, 0.05) is 15.9 Å². The Balaban J connectivity index is 2.09. The van der Waals surface area contributed by atoms with Crippen molar-refractivity contribution in [2.45, 2.75) is 34.6 Å². The van der Waals surface area contributed by atoms with Crippen molar-refractivity contribution in [3.63, 3.8) is 0 Å². The van der Waals surface area contributed by atoms with E-state index in [0.29, 0.717) is 34.2 Å². The van der Waals surface area contributed by atoms with Crippen LogP contribution in [0.1, 0.15) is 29.2 Å². The molecule has 0 N–H and O–H groups in total. The Bertz CT molecular complexity index is 1120. The molecule has 0 amide bonds. The molecule has 0 spiro atoms.